The summed E-state index contributed by atoms with van der Waals surface area (Å²) in [5.74, 6) is -0.0588. The van der Waals surface area contributed by atoms with Crippen molar-refractivity contribution in [3.8, 4) is 0 Å². The molecule has 0 saturated carbocycles. The molecule has 0 bridgehead atoms. The smallest absolute Gasteiger partial charge is 0.247 e. The molecule has 1 amide bonds. The van der Waals surface area contributed by atoms with Gasteiger partial charge in [-0.2, -0.15) is 0 Å². The molecule has 5 heteroatoms. The van der Waals surface area contributed by atoms with E-state index in [-0.39, 0.29) is 18.0 Å². The van der Waals surface area contributed by atoms with Crippen LogP contribution in [0.5, 0.6) is 0 Å². The predicted molar refractivity (Wildman–Crippen MR) is 149 cm³/mol. The van der Waals surface area contributed by atoms with E-state index in [2.05, 4.69) is 103 Å². The van der Waals surface area contributed by atoms with Crippen molar-refractivity contribution in [3.63, 3.8) is 0 Å². The molecule has 0 radical (unpaired) electrons. The number of carbonyl (C=O) groups is 1. The number of anilines is 2. The van der Waals surface area contributed by atoms with Crippen LogP contribution in [-0.2, 0) is 11.3 Å². The molecule has 182 valence electrons. The maximum atomic E-state index is 12.5. The zero-order valence-corrected chi connectivity index (χ0v) is 20.7. The summed E-state index contributed by atoms with van der Waals surface area (Å²) in [5.41, 5.74) is 5.03. The largest absolute Gasteiger partial charge is 0.354 e. The van der Waals surface area contributed by atoms with Crippen LogP contribution in [0.3, 0.4) is 0 Å². The molecule has 0 spiro atoms. The molecule has 1 aromatic heterocycles. The number of nitrogens with one attached hydrogen (secondary N) is 3. The van der Waals surface area contributed by atoms with Crippen molar-refractivity contribution in [1.82, 2.24) is 15.2 Å². The monoisotopic (exact) mass is 476 g/mol. The lowest BCUT2D eigenvalue weighted by Crippen LogP contribution is -2.42. The third-order valence-corrected chi connectivity index (χ3v) is 6.95. The number of allylic oxidation sites excluding steroid dienone is 1. The standard InChI is InChI=1S/C31H32N4O/c1-20-12-15-30(31(36)33-20)35-21(2)16-29(23(35)4)34-28-11-7-10-26(18-28)22(3)32-19-24-13-14-25-8-5-6-9-27(25)17-24/h5-11,13-14,16-18,22,30,32,34H,1-2,4,12,15,19H2,3H3,(H,33,36). The highest BCUT2D eigenvalue weighted by Crippen LogP contribution is 2.23. The van der Waals surface area contributed by atoms with Gasteiger partial charge in [-0.05, 0) is 65.9 Å². The molecule has 0 aliphatic carbocycles. The number of nitrogens with zero attached hydrogens (tertiary/aromatic N) is 1. The van der Waals surface area contributed by atoms with Crippen LogP contribution in [0.2, 0.25) is 0 Å². The zero-order valence-electron chi connectivity index (χ0n) is 20.7. The van der Waals surface area contributed by atoms with E-state index in [0.717, 1.165) is 40.7 Å². The molecule has 36 heavy (non-hydrogen) atoms. The maximum absolute atomic E-state index is 12.5. The number of hydrogen-bond acceptors (Lipinski definition) is 3. The number of hydrogen-bond donors (Lipinski definition) is 3. The first-order valence-corrected chi connectivity index (χ1v) is 12.3. The van der Waals surface area contributed by atoms with Gasteiger partial charge in [0.1, 0.15) is 6.04 Å². The summed E-state index contributed by atoms with van der Waals surface area (Å²) in [7, 11) is 0. The van der Waals surface area contributed by atoms with Gasteiger partial charge in [0.15, 0.2) is 0 Å². The lowest BCUT2D eigenvalue weighted by Gasteiger charge is -2.25. The van der Waals surface area contributed by atoms with Gasteiger partial charge in [0.25, 0.3) is 0 Å². The fourth-order valence-electron chi connectivity index (χ4n) is 4.91. The highest BCUT2D eigenvalue weighted by molar-refractivity contribution is 5.83. The van der Waals surface area contributed by atoms with Crippen molar-refractivity contribution >= 4 is 41.2 Å². The molecule has 1 saturated heterocycles. The zero-order chi connectivity index (χ0) is 25.2. The van der Waals surface area contributed by atoms with Crippen LogP contribution in [0.4, 0.5) is 11.4 Å². The fraction of sp³-hybridized carbons (Fsp3) is 0.194. The fourth-order valence-corrected chi connectivity index (χ4v) is 4.91. The maximum Gasteiger partial charge on any atom is 0.247 e. The third kappa shape index (κ3) is 4.83. The first-order valence-electron chi connectivity index (χ1n) is 12.3. The van der Waals surface area contributed by atoms with Gasteiger partial charge < -0.3 is 20.5 Å². The van der Waals surface area contributed by atoms with Crippen molar-refractivity contribution < 1.29 is 4.79 Å². The van der Waals surface area contributed by atoms with E-state index in [1.165, 1.54) is 21.9 Å². The van der Waals surface area contributed by atoms with E-state index in [9.17, 15) is 4.79 Å². The van der Waals surface area contributed by atoms with Gasteiger partial charge in [0.2, 0.25) is 5.91 Å². The summed E-state index contributed by atoms with van der Waals surface area (Å²) in [5, 5.41) is 14.0. The van der Waals surface area contributed by atoms with Crippen LogP contribution < -0.4 is 26.6 Å². The highest BCUT2D eigenvalue weighted by Gasteiger charge is 2.26. The van der Waals surface area contributed by atoms with E-state index in [1.54, 1.807) is 0 Å². The van der Waals surface area contributed by atoms with E-state index in [4.69, 9.17) is 0 Å². The van der Waals surface area contributed by atoms with Crippen LogP contribution in [0.15, 0.2) is 85.1 Å². The van der Waals surface area contributed by atoms with Crippen LogP contribution in [0.25, 0.3) is 23.9 Å². The normalized spacial score (nSPS) is 16.6. The first-order chi connectivity index (χ1) is 17.4. The number of amides is 1. The Kier molecular flexibility index (Phi) is 6.49. The minimum Gasteiger partial charge on any atom is -0.354 e. The molecule has 1 fully saturated rings. The molecule has 2 heterocycles. The Morgan fingerprint density at radius 1 is 1.00 bits per heavy atom. The Balaban J connectivity index is 1.29. The first kappa shape index (κ1) is 23.6. The molecular weight excluding hydrogens is 444 g/mol. The van der Waals surface area contributed by atoms with Crippen molar-refractivity contribution in [2.75, 3.05) is 5.32 Å². The molecule has 1 aliphatic rings. The molecule has 2 unspecified atom stereocenters. The minimum absolute atomic E-state index is 0.0588. The van der Waals surface area contributed by atoms with Gasteiger partial charge in [0.05, 0.1) is 11.0 Å². The quantitative estimate of drug-likeness (QED) is 0.351. The average molecular weight is 477 g/mol. The lowest BCUT2D eigenvalue weighted by molar-refractivity contribution is -0.124. The SMILES string of the molecule is C=C1CCC(n2c(=C)cc(Nc3cccc(C(C)NCc4ccc5ccccc5c4)c3)c2=C)C(=O)N1. The minimum atomic E-state index is -0.322. The number of fused-ring (bicyclic) bond motifs is 1. The molecule has 5 nitrogen and oxygen atoms in total. The summed E-state index contributed by atoms with van der Waals surface area (Å²) >= 11 is 0. The third-order valence-electron chi connectivity index (χ3n) is 6.95. The molecule has 4 aromatic rings. The Morgan fingerprint density at radius 2 is 1.81 bits per heavy atom. The van der Waals surface area contributed by atoms with Gasteiger partial charge in [-0.1, -0.05) is 68.3 Å². The van der Waals surface area contributed by atoms with Crippen molar-refractivity contribution in [1.29, 1.82) is 0 Å². The molecule has 5 rings (SSSR count). The second kappa shape index (κ2) is 9.88. The van der Waals surface area contributed by atoms with Crippen LogP contribution in [0.1, 0.15) is 43.0 Å². The number of benzene rings is 3. The Morgan fingerprint density at radius 3 is 2.61 bits per heavy atom. The number of piperidine rings is 1. The van der Waals surface area contributed by atoms with E-state index in [0.29, 0.717) is 6.42 Å². The summed E-state index contributed by atoms with van der Waals surface area (Å²) in [6.07, 6.45) is 1.45. The van der Waals surface area contributed by atoms with Gasteiger partial charge >= 0.3 is 0 Å². The average Bonchev–Trinajstić information content (AvgIpc) is 3.15. The molecule has 3 N–H and O–H groups in total. The summed E-state index contributed by atoms with van der Waals surface area (Å²) < 4.78 is 1.92. The van der Waals surface area contributed by atoms with E-state index in [1.807, 2.05) is 16.7 Å². The highest BCUT2D eigenvalue weighted by atomic mass is 16.2. The Bertz CT molecular complexity index is 1550. The lowest BCUT2D eigenvalue weighted by atomic mass is 10.0. The summed E-state index contributed by atoms with van der Waals surface area (Å²) in [4.78, 5) is 12.5. The van der Waals surface area contributed by atoms with Gasteiger partial charge in [-0.3, -0.25) is 4.79 Å². The van der Waals surface area contributed by atoms with Crippen LogP contribution in [0, 0.1) is 0 Å². The second-order valence-corrected chi connectivity index (χ2v) is 9.55. The molecule has 1 aliphatic heterocycles. The van der Waals surface area contributed by atoms with Crippen molar-refractivity contribution in [3.05, 3.63) is 107 Å². The Hall–Kier alpha value is -4.09. The summed E-state index contributed by atoms with van der Waals surface area (Å²) in [6, 6.07) is 25.2. The number of rotatable bonds is 7. The second-order valence-electron chi connectivity index (χ2n) is 9.55. The number of carbonyl (C=O) groups excluding carboxylic acids is 1. The molecule has 2 atom stereocenters. The summed E-state index contributed by atoms with van der Waals surface area (Å²) in [6.45, 7) is 15.2. The molecule has 3 aromatic carbocycles. The van der Waals surface area contributed by atoms with Crippen LogP contribution >= 0.6 is 0 Å². The Labute approximate surface area is 211 Å². The van der Waals surface area contributed by atoms with Gasteiger partial charge in [-0.25, -0.2) is 0 Å². The van der Waals surface area contributed by atoms with Crippen LogP contribution in [-0.4, -0.2) is 10.5 Å². The van der Waals surface area contributed by atoms with Crippen molar-refractivity contribution in [2.24, 2.45) is 0 Å². The molecular formula is C31H32N4O. The topological polar surface area (TPSA) is 58.1 Å². The predicted octanol–water partition coefficient (Wildman–Crippen LogP) is 5.02. The number of aromatic nitrogens is 1. The van der Waals surface area contributed by atoms with Gasteiger partial charge in [0, 0.05) is 29.3 Å². The van der Waals surface area contributed by atoms with Gasteiger partial charge in [-0.15, -0.1) is 0 Å². The van der Waals surface area contributed by atoms with E-state index < -0.39 is 0 Å². The van der Waals surface area contributed by atoms with E-state index >= 15 is 0 Å². The van der Waals surface area contributed by atoms with Crippen molar-refractivity contribution in [2.45, 2.75) is 38.4 Å².